The van der Waals surface area contributed by atoms with Crippen molar-refractivity contribution in [3.8, 4) is 0 Å². The number of carbonyl (C=O) groups excluding carboxylic acids is 2. The van der Waals surface area contributed by atoms with Crippen molar-refractivity contribution in [2.45, 2.75) is 25.4 Å². The molecule has 0 atom stereocenters. The van der Waals surface area contributed by atoms with Gasteiger partial charge in [0.25, 0.3) is 5.91 Å². The molecule has 0 fully saturated rings. The molecule has 0 saturated heterocycles. The smallest absolute Gasteiger partial charge is 0.416 e. The van der Waals surface area contributed by atoms with E-state index in [0.29, 0.717) is 11.8 Å². The van der Waals surface area contributed by atoms with E-state index in [1.165, 1.54) is 17.2 Å². The number of carbonyl (C=O) groups is 2. The van der Waals surface area contributed by atoms with Crippen LogP contribution in [0, 0.1) is 0 Å². The van der Waals surface area contributed by atoms with Crippen LogP contribution in [0.15, 0.2) is 42.5 Å². The van der Waals surface area contributed by atoms with E-state index in [1.807, 2.05) is 12.1 Å². The predicted molar refractivity (Wildman–Crippen MR) is 88.8 cm³/mol. The van der Waals surface area contributed by atoms with Gasteiger partial charge in [0.1, 0.15) is 0 Å². The van der Waals surface area contributed by atoms with Gasteiger partial charge in [0.05, 0.1) is 11.1 Å². The number of hydrogen-bond donors (Lipinski definition) is 1. The molecule has 4 nitrogen and oxygen atoms in total. The number of halogens is 3. The summed E-state index contributed by atoms with van der Waals surface area (Å²) < 4.78 is 42.8. The van der Waals surface area contributed by atoms with Gasteiger partial charge in [-0.25, -0.2) is 4.79 Å². The Morgan fingerprint density at radius 1 is 1.04 bits per heavy atom. The Balaban J connectivity index is 1.57. The standard InChI is InChI=1S/C19H16F3NO3/c20-19(21,22)15-6-2-5-14(9-15)18(25)26-11-17(24)23-16-8-7-12-3-1-4-13(12)10-16/h2,5-10H,1,3-4,11H2,(H,23,24). The molecule has 2 aromatic carbocycles. The summed E-state index contributed by atoms with van der Waals surface area (Å²) in [7, 11) is 0. The molecule has 26 heavy (non-hydrogen) atoms. The third-order valence-electron chi connectivity index (χ3n) is 4.14. The van der Waals surface area contributed by atoms with E-state index in [2.05, 4.69) is 5.32 Å². The summed E-state index contributed by atoms with van der Waals surface area (Å²) in [5, 5.41) is 2.62. The van der Waals surface area contributed by atoms with Crippen molar-refractivity contribution in [2.24, 2.45) is 0 Å². The monoisotopic (exact) mass is 363 g/mol. The zero-order chi connectivity index (χ0) is 18.7. The molecule has 0 aliphatic heterocycles. The summed E-state index contributed by atoms with van der Waals surface area (Å²) in [5.74, 6) is -1.54. The van der Waals surface area contributed by atoms with Crippen molar-refractivity contribution in [3.63, 3.8) is 0 Å². The fourth-order valence-electron chi connectivity index (χ4n) is 2.88. The number of amides is 1. The van der Waals surface area contributed by atoms with Crippen molar-refractivity contribution in [3.05, 3.63) is 64.7 Å². The van der Waals surface area contributed by atoms with Gasteiger partial charge in [0.15, 0.2) is 6.61 Å². The van der Waals surface area contributed by atoms with Crippen LogP contribution in [0.1, 0.15) is 33.5 Å². The van der Waals surface area contributed by atoms with E-state index < -0.39 is 30.2 Å². The molecule has 7 heteroatoms. The van der Waals surface area contributed by atoms with E-state index in [1.54, 1.807) is 6.07 Å². The molecule has 0 spiro atoms. The van der Waals surface area contributed by atoms with Gasteiger partial charge in [-0.15, -0.1) is 0 Å². The first kappa shape index (κ1) is 18.0. The average Bonchev–Trinajstić information content (AvgIpc) is 3.07. The molecule has 0 saturated carbocycles. The lowest BCUT2D eigenvalue weighted by Gasteiger charge is -2.10. The Morgan fingerprint density at radius 2 is 1.81 bits per heavy atom. The van der Waals surface area contributed by atoms with Crippen LogP contribution >= 0.6 is 0 Å². The molecule has 1 N–H and O–H groups in total. The molecule has 0 unspecified atom stereocenters. The Bertz CT molecular complexity index is 846. The molecular formula is C19H16F3NO3. The molecule has 0 bridgehead atoms. The highest BCUT2D eigenvalue weighted by Gasteiger charge is 2.31. The molecule has 2 aromatic rings. The van der Waals surface area contributed by atoms with E-state index in [9.17, 15) is 22.8 Å². The number of anilines is 1. The quantitative estimate of drug-likeness (QED) is 0.836. The first-order chi connectivity index (χ1) is 12.3. The SMILES string of the molecule is O=C(COC(=O)c1cccc(C(F)(F)F)c1)Nc1ccc2c(c1)CCC2. The molecule has 3 rings (SSSR count). The zero-order valence-electron chi connectivity index (χ0n) is 13.7. The topological polar surface area (TPSA) is 55.4 Å². The van der Waals surface area contributed by atoms with Crippen molar-refractivity contribution in [2.75, 3.05) is 11.9 Å². The molecule has 1 aliphatic carbocycles. The van der Waals surface area contributed by atoms with E-state index in [-0.39, 0.29) is 5.56 Å². The maximum absolute atomic E-state index is 12.7. The van der Waals surface area contributed by atoms with Crippen LogP contribution in [-0.4, -0.2) is 18.5 Å². The number of fused-ring (bicyclic) bond motifs is 1. The molecule has 1 aliphatic rings. The average molecular weight is 363 g/mol. The van der Waals surface area contributed by atoms with Gasteiger partial charge in [-0.2, -0.15) is 13.2 Å². The number of esters is 1. The first-order valence-corrected chi connectivity index (χ1v) is 8.09. The number of rotatable bonds is 4. The highest BCUT2D eigenvalue weighted by molar-refractivity contribution is 5.95. The van der Waals surface area contributed by atoms with E-state index in [4.69, 9.17) is 4.74 Å². The lowest BCUT2D eigenvalue weighted by molar-refractivity contribution is -0.137. The molecule has 0 aromatic heterocycles. The van der Waals surface area contributed by atoms with Crippen LogP contribution in [0.5, 0.6) is 0 Å². The number of alkyl halides is 3. The van der Waals surface area contributed by atoms with Crippen LogP contribution < -0.4 is 5.32 Å². The minimum atomic E-state index is -4.55. The molecule has 1 amide bonds. The zero-order valence-corrected chi connectivity index (χ0v) is 13.7. The number of hydrogen-bond acceptors (Lipinski definition) is 3. The third kappa shape index (κ3) is 4.22. The Labute approximate surface area is 148 Å². The largest absolute Gasteiger partial charge is 0.452 e. The lowest BCUT2D eigenvalue weighted by Crippen LogP contribution is -2.21. The number of benzene rings is 2. The molecular weight excluding hydrogens is 347 g/mol. The van der Waals surface area contributed by atoms with Crippen molar-refractivity contribution in [1.82, 2.24) is 0 Å². The third-order valence-corrected chi connectivity index (χ3v) is 4.14. The van der Waals surface area contributed by atoms with E-state index >= 15 is 0 Å². The van der Waals surface area contributed by atoms with Gasteiger partial charge in [0, 0.05) is 5.69 Å². The Morgan fingerprint density at radius 3 is 2.58 bits per heavy atom. The minimum absolute atomic E-state index is 0.259. The molecule has 0 radical (unpaired) electrons. The summed E-state index contributed by atoms with van der Waals surface area (Å²) in [6.45, 7) is -0.577. The number of nitrogens with one attached hydrogen (secondary N) is 1. The Hall–Kier alpha value is -2.83. The van der Waals surface area contributed by atoms with Crippen LogP contribution in [-0.2, 0) is 28.5 Å². The van der Waals surface area contributed by atoms with Gasteiger partial charge in [-0.05, 0) is 60.7 Å². The summed E-state index contributed by atoms with van der Waals surface area (Å²) in [5.41, 5.74) is 1.84. The molecule has 0 heterocycles. The molecule has 136 valence electrons. The second-order valence-corrected chi connectivity index (χ2v) is 6.04. The number of aryl methyl sites for hydroxylation is 2. The highest BCUT2D eigenvalue weighted by atomic mass is 19.4. The summed E-state index contributed by atoms with van der Waals surface area (Å²) >= 11 is 0. The highest BCUT2D eigenvalue weighted by Crippen LogP contribution is 2.29. The summed E-state index contributed by atoms with van der Waals surface area (Å²) in [4.78, 5) is 23.8. The van der Waals surface area contributed by atoms with Crippen LogP contribution in [0.3, 0.4) is 0 Å². The van der Waals surface area contributed by atoms with Crippen LogP contribution in [0.2, 0.25) is 0 Å². The van der Waals surface area contributed by atoms with Gasteiger partial charge in [-0.1, -0.05) is 12.1 Å². The fraction of sp³-hybridized carbons (Fsp3) is 0.263. The maximum atomic E-state index is 12.7. The van der Waals surface area contributed by atoms with Crippen LogP contribution in [0.4, 0.5) is 18.9 Å². The van der Waals surface area contributed by atoms with Crippen LogP contribution in [0.25, 0.3) is 0 Å². The van der Waals surface area contributed by atoms with Gasteiger partial charge >= 0.3 is 12.1 Å². The van der Waals surface area contributed by atoms with Crippen molar-refractivity contribution < 1.29 is 27.5 Å². The lowest BCUT2D eigenvalue weighted by atomic mass is 10.1. The van der Waals surface area contributed by atoms with E-state index in [0.717, 1.165) is 31.4 Å². The number of ether oxygens (including phenoxy) is 1. The predicted octanol–water partition coefficient (Wildman–Crippen LogP) is 3.99. The van der Waals surface area contributed by atoms with Gasteiger partial charge in [0.2, 0.25) is 0 Å². The van der Waals surface area contributed by atoms with Crippen molar-refractivity contribution >= 4 is 17.6 Å². The second kappa shape index (κ2) is 7.19. The van der Waals surface area contributed by atoms with Crippen molar-refractivity contribution in [1.29, 1.82) is 0 Å². The normalized spacial score (nSPS) is 13.2. The summed E-state index contributed by atoms with van der Waals surface area (Å²) in [6, 6.07) is 9.48. The van der Waals surface area contributed by atoms with Gasteiger partial charge in [-0.3, -0.25) is 4.79 Å². The second-order valence-electron chi connectivity index (χ2n) is 6.04. The minimum Gasteiger partial charge on any atom is -0.452 e. The summed E-state index contributed by atoms with van der Waals surface area (Å²) in [6.07, 6.45) is -1.48. The Kier molecular flexibility index (Phi) is 4.97. The maximum Gasteiger partial charge on any atom is 0.416 e. The fourth-order valence-corrected chi connectivity index (χ4v) is 2.88. The first-order valence-electron chi connectivity index (χ1n) is 8.09. The van der Waals surface area contributed by atoms with Gasteiger partial charge < -0.3 is 10.1 Å².